The van der Waals surface area contributed by atoms with Crippen LogP contribution in [0.2, 0.25) is 0 Å². The average molecular weight is 271 g/mol. The lowest BCUT2D eigenvalue weighted by atomic mass is 10.4. The third kappa shape index (κ3) is 5.35. The van der Waals surface area contributed by atoms with Crippen molar-refractivity contribution in [2.45, 2.75) is 6.42 Å². The monoisotopic (exact) mass is 271 g/mol. The molecule has 1 aromatic heterocycles. The van der Waals surface area contributed by atoms with Crippen LogP contribution >= 0.6 is 12.2 Å². The summed E-state index contributed by atoms with van der Waals surface area (Å²) in [5.74, 6) is 0.363. The minimum atomic E-state index is 0.175. The molecule has 0 unspecified atom stereocenters. The Morgan fingerprint density at radius 1 is 1.22 bits per heavy atom. The number of ether oxygens (including phenoxy) is 3. The van der Waals surface area contributed by atoms with Crippen LogP contribution in [0.5, 0.6) is 5.88 Å². The summed E-state index contributed by atoms with van der Waals surface area (Å²) in [6.07, 6.45) is 3.80. The fourth-order valence-electron chi connectivity index (χ4n) is 1.17. The Kier molecular flexibility index (Phi) is 7.16. The van der Waals surface area contributed by atoms with E-state index in [1.54, 1.807) is 7.11 Å². The number of aromatic nitrogens is 2. The van der Waals surface area contributed by atoms with Crippen LogP contribution in [-0.2, 0) is 9.47 Å². The first-order valence-corrected chi connectivity index (χ1v) is 5.97. The van der Waals surface area contributed by atoms with Crippen molar-refractivity contribution in [3.63, 3.8) is 0 Å². The van der Waals surface area contributed by atoms with Gasteiger partial charge in [0.05, 0.1) is 19.8 Å². The highest BCUT2D eigenvalue weighted by Gasteiger charge is 2.08. The van der Waals surface area contributed by atoms with Gasteiger partial charge in [-0.3, -0.25) is 0 Å². The third-order valence-corrected chi connectivity index (χ3v) is 2.19. The number of hydrogen-bond acceptors (Lipinski definition) is 6. The third-order valence-electron chi connectivity index (χ3n) is 2.00. The van der Waals surface area contributed by atoms with Crippen molar-refractivity contribution in [3.8, 4) is 5.88 Å². The quantitative estimate of drug-likeness (QED) is 0.518. The Morgan fingerprint density at radius 2 is 2.00 bits per heavy atom. The van der Waals surface area contributed by atoms with E-state index in [1.807, 2.05) is 0 Å². The molecular weight excluding hydrogens is 254 g/mol. The van der Waals surface area contributed by atoms with Crippen molar-refractivity contribution in [3.05, 3.63) is 18.1 Å². The van der Waals surface area contributed by atoms with Crippen LogP contribution in [0.4, 0.5) is 0 Å². The van der Waals surface area contributed by atoms with Crippen LogP contribution in [-0.4, -0.2) is 48.5 Å². The van der Waals surface area contributed by atoms with Gasteiger partial charge in [0.2, 0.25) is 5.88 Å². The molecule has 1 aromatic rings. The Balaban J connectivity index is 2.25. The minimum absolute atomic E-state index is 0.175. The predicted octanol–water partition coefficient (Wildman–Crippen LogP) is 0.543. The van der Waals surface area contributed by atoms with Crippen LogP contribution in [0.25, 0.3) is 0 Å². The lowest BCUT2D eigenvalue weighted by Crippen LogP contribution is -2.15. The maximum atomic E-state index is 5.51. The van der Waals surface area contributed by atoms with Crippen molar-refractivity contribution >= 4 is 17.2 Å². The van der Waals surface area contributed by atoms with E-state index in [2.05, 4.69) is 9.97 Å². The summed E-state index contributed by atoms with van der Waals surface area (Å²) in [5.41, 5.74) is 5.92. The maximum absolute atomic E-state index is 5.51. The van der Waals surface area contributed by atoms with Gasteiger partial charge in [0.15, 0.2) is 5.69 Å². The van der Waals surface area contributed by atoms with E-state index in [0.717, 1.165) is 6.42 Å². The van der Waals surface area contributed by atoms with Gasteiger partial charge in [0.25, 0.3) is 0 Å². The second kappa shape index (κ2) is 8.73. The highest BCUT2D eigenvalue weighted by molar-refractivity contribution is 7.80. The van der Waals surface area contributed by atoms with E-state index in [1.165, 1.54) is 12.4 Å². The minimum Gasteiger partial charge on any atom is -0.476 e. The van der Waals surface area contributed by atoms with Crippen LogP contribution < -0.4 is 10.5 Å². The summed E-state index contributed by atoms with van der Waals surface area (Å²) in [6, 6.07) is 0. The second-order valence-electron chi connectivity index (χ2n) is 3.38. The Bertz CT molecular complexity index is 376. The Labute approximate surface area is 111 Å². The number of nitrogens with two attached hydrogens (primary N) is 1. The summed E-state index contributed by atoms with van der Waals surface area (Å²) in [4.78, 5) is 8.23. The lowest BCUT2D eigenvalue weighted by Gasteiger charge is -2.08. The topological polar surface area (TPSA) is 79.5 Å². The van der Waals surface area contributed by atoms with Crippen LogP contribution in [0.15, 0.2) is 12.4 Å². The summed E-state index contributed by atoms with van der Waals surface area (Å²) >= 11 is 4.86. The molecule has 0 atom stereocenters. The van der Waals surface area contributed by atoms with Gasteiger partial charge in [-0.1, -0.05) is 12.2 Å². The van der Waals surface area contributed by atoms with E-state index in [-0.39, 0.29) is 4.99 Å². The first-order chi connectivity index (χ1) is 8.75. The largest absolute Gasteiger partial charge is 0.476 e. The smallest absolute Gasteiger partial charge is 0.243 e. The standard InChI is InChI=1S/C11H17N3O3S/c1-15-7-8-16-5-2-6-17-11-9(10(12)18)13-3-4-14-11/h3-4H,2,5-8H2,1H3,(H2,12,18). The van der Waals surface area contributed by atoms with Crippen molar-refractivity contribution in [1.82, 2.24) is 9.97 Å². The van der Waals surface area contributed by atoms with Crippen LogP contribution in [0.3, 0.4) is 0 Å². The SMILES string of the molecule is COCCOCCCOc1nccnc1C(N)=S. The predicted molar refractivity (Wildman–Crippen MR) is 70.7 cm³/mol. The van der Waals surface area contributed by atoms with Crippen molar-refractivity contribution in [2.75, 3.05) is 33.5 Å². The molecule has 1 rings (SSSR count). The molecule has 0 spiro atoms. The van der Waals surface area contributed by atoms with Gasteiger partial charge in [0, 0.05) is 32.5 Å². The van der Waals surface area contributed by atoms with Gasteiger partial charge in [-0.15, -0.1) is 0 Å². The molecular formula is C11H17N3O3S. The molecule has 0 amide bonds. The number of thiocarbonyl (C=S) groups is 1. The molecule has 0 saturated carbocycles. The molecule has 2 N–H and O–H groups in total. The number of nitrogens with zero attached hydrogens (tertiary/aromatic N) is 2. The van der Waals surface area contributed by atoms with E-state index < -0.39 is 0 Å². The van der Waals surface area contributed by atoms with Crippen molar-refractivity contribution in [2.24, 2.45) is 5.73 Å². The summed E-state index contributed by atoms with van der Waals surface area (Å²) in [5, 5.41) is 0. The molecule has 7 heteroatoms. The van der Waals surface area contributed by atoms with Crippen molar-refractivity contribution < 1.29 is 14.2 Å². The fourth-order valence-corrected chi connectivity index (χ4v) is 1.31. The molecule has 0 radical (unpaired) electrons. The second-order valence-corrected chi connectivity index (χ2v) is 3.82. The molecule has 6 nitrogen and oxygen atoms in total. The normalized spacial score (nSPS) is 10.3. The van der Waals surface area contributed by atoms with E-state index in [4.69, 9.17) is 32.2 Å². The highest BCUT2D eigenvalue weighted by atomic mass is 32.1. The molecule has 0 fully saturated rings. The highest BCUT2D eigenvalue weighted by Crippen LogP contribution is 2.11. The van der Waals surface area contributed by atoms with Gasteiger partial charge in [0.1, 0.15) is 4.99 Å². The lowest BCUT2D eigenvalue weighted by molar-refractivity contribution is 0.0641. The molecule has 1 heterocycles. The van der Waals surface area contributed by atoms with Gasteiger partial charge in [-0.25, -0.2) is 9.97 Å². The molecule has 0 aliphatic rings. The zero-order valence-corrected chi connectivity index (χ0v) is 11.1. The molecule has 0 aliphatic heterocycles. The van der Waals surface area contributed by atoms with Crippen LogP contribution in [0.1, 0.15) is 12.1 Å². The van der Waals surface area contributed by atoms with Gasteiger partial charge in [-0.05, 0) is 0 Å². The van der Waals surface area contributed by atoms with Crippen LogP contribution in [0, 0.1) is 0 Å². The molecule has 0 aliphatic carbocycles. The molecule has 0 saturated heterocycles. The number of methoxy groups -OCH3 is 1. The Hall–Kier alpha value is -1.31. The summed E-state index contributed by atoms with van der Waals surface area (Å²) in [6.45, 7) is 2.25. The van der Waals surface area contributed by atoms with E-state index in [0.29, 0.717) is 38.0 Å². The average Bonchev–Trinajstić information content (AvgIpc) is 2.38. The first kappa shape index (κ1) is 14.7. The first-order valence-electron chi connectivity index (χ1n) is 5.56. The maximum Gasteiger partial charge on any atom is 0.243 e. The molecule has 0 aromatic carbocycles. The molecule has 18 heavy (non-hydrogen) atoms. The molecule has 0 bridgehead atoms. The molecule has 100 valence electrons. The van der Waals surface area contributed by atoms with Gasteiger partial charge in [-0.2, -0.15) is 0 Å². The number of hydrogen-bond donors (Lipinski definition) is 1. The fraction of sp³-hybridized carbons (Fsp3) is 0.545. The zero-order valence-electron chi connectivity index (χ0n) is 10.3. The van der Waals surface area contributed by atoms with Crippen molar-refractivity contribution in [1.29, 1.82) is 0 Å². The Morgan fingerprint density at radius 3 is 2.72 bits per heavy atom. The van der Waals surface area contributed by atoms with E-state index in [9.17, 15) is 0 Å². The van der Waals surface area contributed by atoms with Gasteiger partial charge < -0.3 is 19.9 Å². The van der Waals surface area contributed by atoms with E-state index >= 15 is 0 Å². The summed E-state index contributed by atoms with van der Waals surface area (Å²) in [7, 11) is 1.64. The summed E-state index contributed by atoms with van der Waals surface area (Å²) < 4.78 is 15.6. The zero-order chi connectivity index (χ0) is 13.2. The number of rotatable bonds is 9. The van der Waals surface area contributed by atoms with Gasteiger partial charge >= 0.3 is 0 Å².